The highest BCUT2D eigenvalue weighted by Crippen LogP contribution is 2.24. The molecule has 0 aliphatic carbocycles. The van der Waals surface area contributed by atoms with Crippen molar-refractivity contribution >= 4 is 21.4 Å². The summed E-state index contributed by atoms with van der Waals surface area (Å²) in [6.07, 6.45) is 0.789. The molecule has 0 aromatic carbocycles. The molecule has 2 atom stereocenters. The van der Waals surface area contributed by atoms with Crippen molar-refractivity contribution in [2.75, 3.05) is 24.7 Å². The van der Waals surface area contributed by atoms with E-state index in [9.17, 15) is 8.42 Å². The molecule has 1 unspecified atom stereocenters. The van der Waals surface area contributed by atoms with Gasteiger partial charge in [-0.1, -0.05) is 6.92 Å². The predicted molar refractivity (Wildman–Crippen MR) is 54.9 cm³/mol. The molecule has 78 valence electrons. The van der Waals surface area contributed by atoms with Crippen molar-refractivity contribution in [3.63, 3.8) is 0 Å². The summed E-state index contributed by atoms with van der Waals surface area (Å²) in [6, 6.07) is 0. The highest BCUT2D eigenvalue weighted by atomic mass is 35.5. The van der Waals surface area contributed by atoms with Gasteiger partial charge < -0.3 is 5.32 Å². The van der Waals surface area contributed by atoms with E-state index in [1.165, 1.54) is 0 Å². The van der Waals surface area contributed by atoms with Crippen LogP contribution in [0.5, 0.6) is 0 Å². The maximum Gasteiger partial charge on any atom is 0.154 e. The van der Waals surface area contributed by atoms with E-state index in [0.29, 0.717) is 30.6 Å². The van der Waals surface area contributed by atoms with Crippen molar-refractivity contribution in [3.05, 3.63) is 0 Å². The Labute approximate surface area is 84.8 Å². The molecular weight excluding hydrogens is 210 g/mol. The second-order valence-electron chi connectivity index (χ2n) is 3.69. The van der Waals surface area contributed by atoms with Crippen LogP contribution in [0.25, 0.3) is 0 Å². The Balaban J connectivity index is 2.42. The molecule has 1 heterocycles. The molecule has 1 N–H and O–H groups in total. The van der Waals surface area contributed by atoms with Crippen LogP contribution in [0.1, 0.15) is 13.3 Å². The lowest BCUT2D eigenvalue weighted by molar-refractivity contribution is 0.564. The van der Waals surface area contributed by atoms with Crippen LogP contribution in [-0.2, 0) is 9.84 Å². The second kappa shape index (κ2) is 4.62. The van der Waals surface area contributed by atoms with Crippen molar-refractivity contribution in [2.45, 2.75) is 18.6 Å². The number of hydrogen-bond donors (Lipinski definition) is 1. The van der Waals surface area contributed by atoms with E-state index in [1.54, 1.807) is 0 Å². The summed E-state index contributed by atoms with van der Waals surface area (Å²) in [6.45, 7) is 3.22. The summed E-state index contributed by atoms with van der Waals surface area (Å²) < 4.78 is 23.0. The van der Waals surface area contributed by atoms with Gasteiger partial charge in [-0.3, -0.25) is 0 Å². The Hall–Kier alpha value is 0.200. The summed E-state index contributed by atoms with van der Waals surface area (Å²) in [4.78, 5) is 0. The molecule has 5 heteroatoms. The van der Waals surface area contributed by atoms with Gasteiger partial charge in [0.25, 0.3) is 0 Å². The van der Waals surface area contributed by atoms with Gasteiger partial charge in [-0.05, 0) is 12.3 Å². The molecule has 1 aliphatic rings. The van der Waals surface area contributed by atoms with Crippen LogP contribution in [0.4, 0.5) is 0 Å². The Morgan fingerprint density at radius 2 is 2.23 bits per heavy atom. The molecule has 0 spiro atoms. The second-order valence-corrected chi connectivity index (χ2v) is 6.39. The van der Waals surface area contributed by atoms with Gasteiger partial charge in [0.2, 0.25) is 0 Å². The third-order valence-electron chi connectivity index (χ3n) is 2.33. The number of alkyl halides is 1. The van der Waals surface area contributed by atoms with Crippen molar-refractivity contribution in [2.24, 2.45) is 5.92 Å². The zero-order valence-electron chi connectivity index (χ0n) is 7.79. The maximum absolute atomic E-state index is 11.5. The van der Waals surface area contributed by atoms with E-state index in [4.69, 9.17) is 11.6 Å². The summed E-state index contributed by atoms with van der Waals surface area (Å²) in [5.74, 6) is 1.19. The van der Waals surface area contributed by atoms with E-state index < -0.39 is 9.84 Å². The van der Waals surface area contributed by atoms with E-state index in [2.05, 4.69) is 5.32 Å². The van der Waals surface area contributed by atoms with Gasteiger partial charge in [0.1, 0.15) is 0 Å². The fourth-order valence-electron chi connectivity index (χ4n) is 1.74. The minimum absolute atomic E-state index is 0.189. The molecule has 3 nitrogen and oxygen atoms in total. The molecule has 0 aromatic rings. The van der Waals surface area contributed by atoms with Crippen LogP contribution in [0.2, 0.25) is 0 Å². The van der Waals surface area contributed by atoms with Crippen molar-refractivity contribution < 1.29 is 8.42 Å². The quantitative estimate of drug-likeness (QED) is 0.564. The van der Waals surface area contributed by atoms with Gasteiger partial charge in [-0.2, -0.15) is 0 Å². The van der Waals surface area contributed by atoms with E-state index >= 15 is 0 Å². The molecule has 1 rings (SSSR count). The predicted octanol–water partition coefficient (Wildman–Crippen LogP) is 0.638. The first kappa shape index (κ1) is 11.3. The molecular formula is C8H16ClNO2S. The molecule has 0 radical (unpaired) electrons. The van der Waals surface area contributed by atoms with Gasteiger partial charge in [0.05, 0.1) is 11.0 Å². The molecule has 1 saturated heterocycles. The van der Waals surface area contributed by atoms with Crippen LogP contribution < -0.4 is 5.32 Å². The highest BCUT2D eigenvalue weighted by Gasteiger charge is 2.35. The third-order valence-corrected chi connectivity index (χ3v) is 4.93. The van der Waals surface area contributed by atoms with Crippen LogP contribution in [0, 0.1) is 5.92 Å². The summed E-state index contributed by atoms with van der Waals surface area (Å²) >= 11 is 5.47. The van der Waals surface area contributed by atoms with Gasteiger partial charge in [-0.15, -0.1) is 11.6 Å². The lowest BCUT2D eigenvalue weighted by atomic mass is 10.1. The van der Waals surface area contributed by atoms with E-state index in [0.717, 1.165) is 6.42 Å². The van der Waals surface area contributed by atoms with Crippen LogP contribution in [-0.4, -0.2) is 38.4 Å². The van der Waals surface area contributed by atoms with E-state index in [-0.39, 0.29) is 5.25 Å². The fourth-order valence-corrected chi connectivity index (χ4v) is 4.06. The largest absolute Gasteiger partial charge is 0.314 e. The Morgan fingerprint density at radius 1 is 1.54 bits per heavy atom. The third kappa shape index (κ3) is 3.11. The van der Waals surface area contributed by atoms with Crippen LogP contribution in [0.15, 0.2) is 0 Å². The summed E-state index contributed by atoms with van der Waals surface area (Å²) in [5.41, 5.74) is 0. The number of rotatable bonds is 4. The number of nitrogens with one attached hydrogen (secondary N) is 1. The molecule has 1 fully saturated rings. The van der Waals surface area contributed by atoms with Gasteiger partial charge in [-0.25, -0.2) is 8.42 Å². The standard InChI is InChI=1S/C8H16ClNO2S/c1-7-4-8(5-10-3-2-9)13(11,12)6-7/h7-8,10H,2-6H2,1H3/t7?,8-/m0/s1. The topological polar surface area (TPSA) is 46.2 Å². The van der Waals surface area contributed by atoms with Crippen LogP contribution >= 0.6 is 11.6 Å². The Kier molecular flexibility index (Phi) is 4.01. The Bertz CT molecular complexity index is 253. The molecule has 0 bridgehead atoms. The minimum atomic E-state index is -2.82. The SMILES string of the molecule is CC1C[C@@H](CNCCCl)S(=O)(=O)C1. The maximum atomic E-state index is 11.5. The minimum Gasteiger partial charge on any atom is -0.314 e. The number of halogens is 1. The van der Waals surface area contributed by atoms with Crippen molar-refractivity contribution in [1.82, 2.24) is 5.32 Å². The van der Waals surface area contributed by atoms with E-state index in [1.807, 2.05) is 6.92 Å². The molecule has 0 amide bonds. The number of sulfone groups is 1. The average Bonchev–Trinajstić information content (AvgIpc) is 2.25. The first-order chi connectivity index (χ1) is 6.06. The average molecular weight is 226 g/mol. The molecule has 1 aliphatic heterocycles. The normalized spacial score (nSPS) is 32.2. The lowest BCUT2D eigenvalue weighted by Crippen LogP contribution is -2.31. The summed E-state index contributed by atoms with van der Waals surface area (Å²) in [5, 5.41) is 2.85. The molecule has 0 saturated carbocycles. The van der Waals surface area contributed by atoms with Gasteiger partial charge in [0, 0.05) is 19.0 Å². The fraction of sp³-hybridized carbons (Fsp3) is 1.00. The molecule has 0 aromatic heterocycles. The zero-order chi connectivity index (χ0) is 9.90. The van der Waals surface area contributed by atoms with Crippen LogP contribution in [0.3, 0.4) is 0 Å². The van der Waals surface area contributed by atoms with Gasteiger partial charge in [0.15, 0.2) is 9.84 Å². The lowest BCUT2D eigenvalue weighted by Gasteiger charge is -2.09. The first-order valence-electron chi connectivity index (χ1n) is 4.54. The first-order valence-corrected chi connectivity index (χ1v) is 6.79. The van der Waals surface area contributed by atoms with Gasteiger partial charge >= 0.3 is 0 Å². The smallest absolute Gasteiger partial charge is 0.154 e. The van der Waals surface area contributed by atoms with Crippen molar-refractivity contribution in [1.29, 1.82) is 0 Å². The zero-order valence-corrected chi connectivity index (χ0v) is 9.37. The number of hydrogen-bond acceptors (Lipinski definition) is 3. The van der Waals surface area contributed by atoms with Crippen molar-refractivity contribution in [3.8, 4) is 0 Å². The summed E-state index contributed by atoms with van der Waals surface area (Å²) in [7, 11) is -2.82. The highest BCUT2D eigenvalue weighted by molar-refractivity contribution is 7.92. The molecule has 13 heavy (non-hydrogen) atoms. The Morgan fingerprint density at radius 3 is 2.69 bits per heavy atom. The monoisotopic (exact) mass is 225 g/mol.